The van der Waals surface area contributed by atoms with Crippen LogP contribution in [0.25, 0.3) is 0 Å². The van der Waals surface area contributed by atoms with E-state index in [9.17, 15) is 23.7 Å². The number of halogens is 2. The molecule has 0 unspecified atom stereocenters. The molecule has 0 amide bonds. The summed E-state index contributed by atoms with van der Waals surface area (Å²) in [6.07, 6.45) is 0. The van der Waals surface area contributed by atoms with Crippen LogP contribution >= 0.6 is 0 Å². The maximum Gasteiger partial charge on any atom is 0.354 e. The summed E-state index contributed by atoms with van der Waals surface area (Å²) < 4.78 is 26.6. The third-order valence-corrected chi connectivity index (χ3v) is 2.49. The number of nitrogens with zero attached hydrogens (tertiary/aromatic N) is 2. The lowest BCUT2D eigenvalue weighted by molar-refractivity contribution is -0.384. The van der Waals surface area contributed by atoms with Gasteiger partial charge < -0.3 is 10.4 Å². The molecule has 21 heavy (non-hydrogen) atoms. The smallest absolute Gasteiger partial charge is 0.354 e. The maximum atomic E-state index is 13.5. The van der Waals surface area contributed by atoms with Gasteiger partial charge in [-0.3, -0.25) is 10.1 Å². The summed E-state index contributed by atoms with van der Waals surface area (Å²) >= 11 is 0. The standard InChI is InChI=1S/C12H7F2N3O4/c13-6-2-1-3-7(10(6)14)15-11-9(17(20)21)5-4-8(16-11)12(18)19/h1-5H,(H,15,16)(H,18,19). The van der Waals surface area contributed by atoms with Gasteiger partial charge in [0.2, 0.25) is 5.82 Å². The number of nitrogens with one attached hydrogen (secondary N) is 1. The van der Waals surface area contributed by atoms with E-state index in [2.05, 4.69) is 10.3 Å². The van der Waals surface area contributed by atoms with Gasteiger partial charge in [0.25, 0.3) is 0 Å². The van der Waals surface area contributed by atoms with Crippen LogP contribution in [0.3, 0.4) is 0 Å². The number of carbonyl (C=O) groups is 1. The van der Waals surface area contributed by atoms with Crippen molar-refractivity contribution in [3.05, 3.63) is 57.8 Å². The Kier molecular flexibility index (Phi) is 3.74. The molecule has 2 N–H and O–H groups in total. The Labute approximate surface area is 116 Å². The van der Waals surface area contributed by atoms with Crippen LogP contribution in [-0.4, -0.2) is 21.0 Å². The molecule has 0 aliphatic carbocycles. The molecule has 1 aromatic carbocycles. The van der Waals surface area contributed by atoms with Gasteiger partial charge in [-0.2, -0.15) is 0 Å². The summed E-state index contributed by atoms with van der Waals surface area (Å²) in [6.45, 7) is 0. The molecule has 0 radical (unpaired) electrons. The highest BCUT2D eigenvalue weighted by Crippen LogP contribution is 2.27. The van der Waals surface area contributed by atoms with Crippen LogP contribution < -0.4 is 5.32 Å². The van der Waals surface area contributed by atoms with E-state index >= 15 is 0 Å². The Hall–Kier alpha value is -3.10. The zero-order valence-electron chi connectivity index (χ0n) is 10.2. The molecule has 0 saturated heterocycles. The largest absolute Gasteiger partial charge is 0.477 e. The first kappa shape index (κ1) is 14.3. The van der Waals surface area contributed by atoms with Crippen LogP contribution in [0.4, 0.5) is 26.0 Å². The first-order valence-corrected chi connectivity index (χ1v) is 5.50. The molecule has 2 aromatic rings. The zero-order valence-corrected chi connectivity index (χ0v) is 10.2. The normalized spacial score (nSPS) is 10.2. The highest BCUT2D eigenvalue weighted by atomic mass is 19.2. The molecular formula is C12H7F2N3O4. The van der Waals surface area contributed by atoms with Crippen molar-refractivity contribution in [3.8, 4) is 0 Å². The van der Waals surface area contributed by atoms with Gasteiger partial charge in [-0.1, -0.05) is 6.07 Å². The maximum absolute atomic E-state index is 13.5. The molecule has 0 spiro atoms. The van der Waals surface area contributed by atoms with E-state index in [-0.39, 0.29) is 0 Å². The molecule has 2 rings (SSSR count). The number of aromatic carboxylic acids is 1. The topological polar surface area (TPSA) is 105 Å². The van der Waals surface area contributed by atoms with Gasteiger partial charge in [0.1, 0.15) is 0 Å². The first-order chi connectivity index (χ1) is 9.90. The monoisotopic (exact) mass is 295 g/mol. The molecule has 0 aliphatic heterocycles. The lowest BCUT2D eigenvalue weighted by Gasteiger charge is -2.08. The van der Waals surface area contributed by atoms with Crippen LogP contribution in [0.15, 0.2) is 30.3 Å². The number of nitro groups is 1. The third-order valence-electron chi connectivity index (χ3n) is 2.49. The van der Waals surface area contributed by atoms with E-state index in [1.807, 2.05) is 0 Å². The molecule has 0 saturated carbocycles. The number of hydrogen-bond acceptors (Lipinski definition) is 5. The van der Waals surface area contributed by atoms with Crippen LogP contribution in [-0.2, 0) is 0 Å². The van der Waals surface area contributed by atoms with Crippen LogP contribution in [0.1, 0.15) is 10.5 Å². The van der Waals surface area contributed by atoms with Crippen LogP contribution in [0.2, 0.25) is 0 Å². The minimum absolute atomic E-state index is 0.395. The van der Waals surface area contributed by atoms with Crippen LogP contribution in [0, 0.1) is 21.7 Å². The highest BCUT2D eigenvalue weighted by Gasteiger charge is 2.20. The lowest BCUT2D eigenvalue weighted by atomic mass is 10.2. The summed E-state index contributed by atoms with van der Waals surface area (Å²) in [5.74, 6) is -4.32. The van der Waals surface area contributed by atoms with Crippen molar-refractivity contribution in [1.82, 2.24) is 4.98 Å². The van der Waals surface area contributed by atoms with Crippen molar-refractivity contribution in [2.24, 2.45) is 0 Å². The molecular weight excluding hydrogens is 288 g/mol. The Balaban J connectivity index is 2.51. The van der Waals surface area contributed by atoms with E-state index in [1.165, 1.54) is 6.07 Å². The predicted octanol–water partition coefficient (Wildman–Crippen LogP) is 2.71. The van der Waals surface area contributed by atoms with E-state index in [4.69, 9.17) is 5.11 Å². The van der Waals surface area contributed by atoms with E-state index < -0.39 is 45.4 Å². The number of pyridine rings is 1. The minimum atomic E-state index is -1.41. The van der Waals surface area contributed by atoms with Crippen molar-refractivity contribution in [3.63, 3.8) is 0 Å². The van der Waals surface area contributed by atoms with Gasteiger partial charge in [-0.25, -0.2) is 18.6 Å². The number of benzene rings is 1. The average Bonchev–Trinajstić information content (AvgIpc) is 2.43. The molecule has 0 aliphatic rings. The molecule has 108 valence electrons. The Morgan fingerprint density at radius 1 is 1.29 bits per heavy atom. The van der Waals surface area contributed by atoms with Gasteiger partial charge in [0, 0.05) is 6.07 Å². The Morgan fingerprint density at radius 2 is 2.00 bits per heavy atom. The molecule has 9 heteroatoms. The average molecular weight is 295 g/mol. The predicted molar refractivity (Wildman–Crippen MR) is 67.5 cm³/mol. The van der Waals surface area contributed by atoms with Crippen molar-refractivity contribution in [2.75, 3.05) is 5.32 Å². The zero-order chi connectivity index (χ0) is 15.6. The molecule has 1 heterocycles. The van der Waals surface area contributed by atoms with Crippen molar-refractivity contribution < 1.29 is 23.6 Å². The summed E-state index contributed by atoms with van der Waals surface area (Å²) in [5.41, 5.74) is -1.43. The lowest BCUT2D eigenvalue weighted by Crippen LogP contribution is -2.07. The second kappa shape index (κ2) is 5.49. The van der Waals surface area contributed by atoms with Crippen molar-refractivity contribution >= 4 is 23.2 Å². The van der Waals surface area contributed by atoms with Crippen molar-refractivity contribution in [2.45, 2.75) is 0 Å². The first-order valence-electron chi connectivity index (χ1n) is 5.50. The summed E-state index contributed by atoms with van der Waals surface area (Å²) in [5, 5.41) is 21.9. The molecule has 7 nitrogen and oxygen atoms in total. The number of carboxylic acid groups (broad SMARTS) is 1. The fourth-order valence-electron chi connectivity index (χ4n) is 1.54. The van der Waals surface area contributed by atoms with Crippen LogP contribution in [0.5, 0.6) is 0 Å². The fraction of sp³-hybridized carbons (Fsp3) is 0. The SMILES string of the molecule is O=C(O)c1ccc([N+](=O)[O-])c(Nc2cccc(F)c2F)n1. The van der Waals surface area contributed by atoms with Gasteiger partial charge >= 0.3 is 11.7 Å². The molecule has 0 fully saturated rings. The Bertz CT molecular complexity index is 736. The fourth-order valence-corrected chi connectivity index (χ4v) is 1.54. The van der Waals surface area contributed by atoms with Gasteiger partial charge in [-0.05, 0) is 18.2 Å². The van der Waals surface area contributed by atoms with E-state index in [0.29, 0.717) is 0 Å². The number of hydrogen-bond donors (Lipinski definition) is 2. The summed E-state index contributed by atoms with van der Waals surface area (Å²) in [6, 6.07) is 5.05. The minimum Gasteiger partial charge on any atom is -0.477 e. The molecule has 0 bridgehead atoms. The van der Waals surface area contributed by atoms with E-state index in [1.54, 1.807) is 0 Å². The second-order valence-electron chi connectivity index (χ2n) is 3.85. The highest BCUT2D eigenvalue weighted by molar-refractivity contribution is 5.86. The quantitative estimate of drug-likeness (QED) is 0.663. The number of rotatable bonds is 4. The second-order valence-corrected chi connectivity index (χ2v) is 3.85. The third kappa shape index (κ3) is 2.91. The number of carboxylic acids is 1. The summed E-state index contributed by atoms with van der Waals surface area (Å²) in [7, 11) is 0. The summed E-state index contributed by atoms with van der Waals surface area (Å²) in [4.78, 5) is 24.4. The molecule has 0 atom stereocenters. The van der Waals surface area contributed by atoms with E-state index in [0.717, 1.165) is 24.3 Å². The molecule has 1 aromatic heterocycles. The van der Waals surface area contributed by atoms with Gasteiger partial charge in [0.15, 0.2) is 17.3 Å². The number of anilines is 2. The van der Waals surface area contributed by atoms with Gasteiger partial charge in [-0.15, -0.1) is 0 Å². The Morgan fingerprint density at radius 3 is 2.62 bits per heavy atom. The van der Waals surface area contributed by atoms with Gasteiger partial charge in [0.05, 0.1) is 10.6 Å². The number of aromatic nitrogens is 1. The van der Waals surface area contributed by atoms with Crippen molar-refractivity contribution in [1.29, 1.82) is 0 Å².